The van der Waals surface area contributed by atoms with E-state index in [9.17, 15) is 5.11 Å². The fourth-order valence-corrected chi connectivity index (χ4v) is 3.24. The zero-order valence-electron chi connectivity index (χ0n) is 18.9. The van der Waals surface area contributed by atoms with Gasteiger partial charge in [-0.05, 0) is 87.4 Å². The van der Waals surface area contributed by atoms with Crippen LogP contribution in [-0.4, -0.2) is 39.3 Å². The molecular weight excluding hydrogens is 436 g/mol. The minimum atomic E-state index is 0.240. The fraction of sp³-hybridized carbons (Fsp3) is 0.250. The molecule has 33 heavy (non-hydrogen) atoms. The molecule has 0 aliphatic rings. The summed E-state index contributed by atoms with van der Waals surface area (Å²) >= 11 is 5.48. The number of thiocarbonyl (C=S) groups is 1. The molecule has 0 aliphatic heterocycles. The largest absolute Gasteiger partial charge is 0.508 e. The summed E-state index contributed by atoms with van der Waals surface area (Å²) in [6, 6.07) is 16.5. The van der Waals surface area contributed by atoms with Crippen molar-refractivity contribution in [2.45, 2.75) is 27.2 Å². The van der Waals surface area contributed by atoms with Gasteiger partial charge in [0.1, 0.15) is 11.5 Å². The number of nitrogens with one attached hydrogen (secondary N) is 3. The number of aliphatic imine (C=N–C) groups is 1. The first kappa shape index (κ1) is 23.9. The minimum Gasteiger partial charge on any atom is -0.508 e. The number of benzene rings is 2. The van der Waals surface area contributed by atoms with Crippen molar-refractivity contribution in [3.8, 4) is 11.5 Å². The molecule has 1 aromatic heterocycles. The van der Waals surface area contributed by atoms with E-state index in [0.29, 0.717) is 36.6 Å². The second-order valence-corrected chi connectivity index (χ2v) is 7.69. The standard InChI is InChI=1S/C24H28N6O2S/c1-4-32-21-11-7-19(8-12-21)28-24(33)30-22(29-23-26-16(2)15-17(3)27-23)25-14-13-18-5-9-20(31)10-6-18/h5-12,15,31H,4,13-14H2,1-3H3,(H3,25,26,27,28,29,30,33). The Morgan fingerprint density at radius 2 is 1.67 bits per heavy atom. The number of aryl methyl sites for hydroxylation is 2. The smallest absolute Gasteiger partial charge is 0.229 e. The summed E-state index contributed by atoms with van der Waals surface area (Å²) in [4.78, 5) is 13.5. The quantitative estimate of drug-likeness (QED) is 0.234. The van der Waals surface area contributed by atoms with Gasteiger partial charge >= 0.3 is 0 Å². The van der Waals surface area contributed by atoms with Gasteiger partial charge in [-0.2, -0.15) is 0 Å². The highest BCUT2D eigenvalue weighted by atomic mass is 32.1. The van der Waals surface area contributed by atoms with Crippen LogP contribution in [0.4, 0.5) is 11.6 Å². The van der Waals surface area contributed by atoms with Crippen LogP contribution in [0.25, 0.3) is 0 Å². The van der Waals surface area contributed by atoms with Gasteiger partial charge in [0.2, 0.25) is 11.9 Å². The fourth-order valence-electron chi connectivity index (χ4n) is 3.03. The van der Waals surface area contributed by atoms with Crippen LogP contribution >= 0.6 is 12.2 Å². The number of phenolic OH excluding ortho intramolecular Hbond substituents is 1. The zero-order valence-corrected chi connectivity index (χ0v) is 19.7. The number of ether oxygens (including phenoxy) is 1. The van der Waals surface area contributed by atoms with E-state index in [2.05, 4.69) is 30.9 Å². The third-order valence-corrected chi connectivity index (χ3v) is 4.68. The van der Waals surface area contributed by atoms with Gasteiger partial charge in [-0.15, -0.1) is 0 Å². The molecule has 0 bridgehead atoms. The first-order chi connectivity index (χ1) is 15.9. The highest BCUT2D eigenvalue weighted by Crippen LogP contribution is 2.15. The lowest BCUT2D eigenvalue weighted by Crippen LogP contribution is -2.39. The Kier molecular flexibility index (Phi) is 8.54. The molecule has 0 amide bonds. The number of phenols is 1. The molecule has 9 heteroatoms. The summed E-state index contributed by atoms with van der Waals surface area (Å²) < 4.78 is 5.47. The molecule has 0 radical (unpaired) electrons. The number of anilines is 2. The molecule has 3 rings (SSSR count). The molecule has 0 unspecified atom stereocenters. The maximum Gasteiger partial charge on any atom is 0.229 e. The highest BCUT2D eigenvalue weighted by Gasteiger charge is 2.08. The van der Waals surface area contributed by atoms with Gasteiger partial charge in [0.05, 0.1) is 6.61 Å². The van der Waals surface area contributed by atoms with E-state index < -0.39 is 0 Å². The SMILES string of the molecule is CCOc1ccc(NC(=S)NC(=NCCc2ccc(O)cc2)Nc2nc(C)cc(C)n2)cc1. The van der Waals surface area contributed by atoms with Crippen molar-refractivity contribution >= 4 is 34.9 Å². The van der Waals surface area contributed by atoms with E-state index in [1.165, 1.54) is 0 Å². The molecule has 172 valence electrons. The molecule has 0 aliphatic carbocycles. The van der Waals surface area contributed by atoms with Gasteiger partial charge in [0, 0.05) is 23.6 Å². The van der Waals surface area contributed by atoms with E-state index in [-0.39, 0.29) is 5.75 Å². The predicted molar refractivity (Wildman–Crippen MR) is 136 cm³/mol. The third-order valence-electron chi connectivity index (χ3n) is 4.47. The highest BCUT2D eigenvalue weighted by molar-refractivity contribution is 7.80. The van der Waals surface area contributed by atoms with E-state index in [4.69, 9.17) is 17.0 Å². The Labute approximate surface area is 199 Å². The van der Waals surface area contributed by atoms with Crippen molar-refractivity contribution in [3.63, 3.8) is 0 Å². The Morgan fingerprint density at radius 1 is 1.00 bits per heavy atom. The molecule has 3 aromatic rings. The number of aromatic nitrogens is 2. The monoisotopic (exact) mass is 464 g/mol. The Morgan fingerprint density at radius 3 is 2.30 bits per heavy atom. The van der Waals surface area contributed by atoms with E-state index >= 15 is 0 Å². The second kappa shape index (κ2) is 11.8. The molecule has 0 atom stereocenters. The summed E-state index contributed by atoms with van der Waals surface area (Å²) in [6.07, 6.45) is 0.694. The molecule has 1 heterocycles. The van der Waals surface area contributed by atoms with Crippen molar-refractivity contribution in [2.24, 2.45) is 4.99 Å². The van der Waals surface area contributed by atoms with Gasteiger partial charge in [0.25, 0.3) is 0 Å². The number of nitrogens with zero attached hydrogens (tertiary/aromatic N) is 3. The van der Waals surface area contributed by atoms with Crippen LogP contribution < -0.4 is 20.7 Å². The van der Waals surface area contributed by atoms with Gasteiger partial charge in [-0.25, -0.2) is 9.97 Å². The van der Waals surface area contributed by atoms with E-state index in [1.54, 1.807) is 12.1 Å². The first-order valence-corrected chi connectivity index (χ1v) is 11.0. The van der Waals surface area contributed by atoms with Gasteiger partial charge < -0.3 is 20.5 Å². The van der Waals surface area contributed by atoms with E-state index in [0.717, 1.165) is 28.4 Å². The van der Waals surface area contributed by atoms with Gasteiger partial charge in [0.15, 0.2) is 5.11 Å². The Bertz CT molecular complexity index is 1080. The minimum absolute atomic E-state index is 0.240. The number of guanidine groups is 1. The molecule has 0 saturated carbocycles. The van der Waals surface area contributed by atoms with Crippen molar-refractivity contribution in [3.05, 3.63) is 71.5 Å². The van der Waals surface area contributed by atoms with Crippen LogP contribution in [0.3, 0.4) is 0 Å². The topological polar surface area (TPSA) is 104 Å². The molecular formula is C24H28N6O2S. The van der Waals surface area contributed by atoms with Gasteiger partial charge in [-0.1, -0.05) is 12.1 Å². The van der Waals surface area contributed by atoms with Crippen LogP contribution in [0.15, 0.2) is 59.6 Å². The van der Waals surface area contributed by atoms with Crippen molar-refractivity contribution < 1.29 is 9.84 Å². The molecule has 0 saturated heterocycles. The Hall–Kier alpha value is -3.72. The first-order valence-electron chi connectivity index (χ1n) is 10.6. The van der Waals surface area contributed by atoms with Crippen LogP contribution in [0, 0.1) is 13.8 Å². The lowest BCUT2D eigenvalue weighted by Gasteiger charge is -2.14. The number of hydrogen-bond donors (Lipinski definition) is 4. The Balaban J connectivity index is 1.69. The van der Waals surface area contributed by atoms with Crippen LogP contribution in [-0.2, 0) is 6.42 Å². The normalized spacial score (nSPS) is 11.1. The number of hydrogen-bond acceptors (Lipinski definition) is 6. The number of aromatic hydroxyl groups is 1. The summed E-state index contributed by atoms with van der Waals surface area (Å²) in [5.74, 6) is 1.91. The molecule has 4 N–H and O–H groups in total. The molecule has 2 aromatic carbocycles. The summed E-state index contributed by atoms with van der Waals surface area (Å²) in [6.45, 7) is 6.87. The van der Waals surface area contributed by atoms with E-state index in [1.807, 2.05) is 63.2 Å². The predicted octanol–water partition coefficient (Wildman–Crippen LogP) is 4.19. The number of rotatable bonds is 7. The lowest BCUT2D eigenvalue weighted by molar-refractivity contribution is 0.340. The summed E-state index contributed by atoms with van der Waals surface area (Å²) in [5.41, 5.74) is 3.59. The molecule has 8 nitrogen and oxygen atoms in total. The maximum atomic E-state index is 9.45. The van der Waals surface area contributed by atoms with Crippen molar-refractivity contribution in [1.82, 2.24) is 15.3 Å². The maximum absolute atomic E-state index is 9.45. The average Bonchev–Trinajstić information content (AvgIpc) is 2.76. The van der Waals surface area contributed by atoms with Crippen molar-refractivity contribution in [1.29, 1.82) is 0 Å². The molecule has 0 fully saturated rings. The van der Waals surface area contributed by atoms with Crippen LogP contribution in [0.2, 0.25) is 0 Å². The second-order valence-electron chi connectivity index (χ2n) is 7.28. The van der Waals surface area contributed by atoms with Crippen LogP contribution in [0.1, 0.15) is 23.9 Å². The van der Waals surface area contributed by atoms with Crippen LogP contribution in [0.5, 0.6) is 11.5 Å². The lowest BCUT2D eigenvalue weighted by atomic mass is 10.1. The van der Waals surface area contributed by atoms with Crippen molar-refractivity contribution in [2.75, 3.05) is 23.8 Å². The zero-order chi connectivity index (χ0) is 23.6. The average molecular weight is 465 g/mol. The summed E-state index contributed by atoms with van der Waals surface area (Å²) in [5, 5.41) is 19.2. The third kappa shape index (κ3) is 8.04. The summed E-state index contributed by atoms with van der Waals surface area (Å²) in [7, 11) is 0. The molecule has 0 spiro atoms. The van der Waals surface area contributed by atoms with Gasteiger partial charge in [-0.3, -0.25) is 10.3 Å².